The van der Waals surface area contributed by atoms with E-state index in [0.29, 0.717) is 5.54 Å². The fourth-order valence-corrected chi connectivity index (χ4v) is 3.21. The normalized spacial score (nSPS) is 12.0. The molecule has 0 rings (SSSR count). The lowest BCUT2D eigenvalue weighted by atomic mass is 9.95. The maximum Gasteiger partial charge on any atom is 0.0148 e. The van der Waals surface area contributed by atoms with Crippen molar-refractivity contribution < 1.29 is 0 Å². The molecule has 0 saturated heterocycles. The lowest BCUT2D eigenvalue weighted by Gasteiger charge is -2.28. The highest BCUT2D eigenvalue weighted by Crippen LogP contribution is 2.15. The lowest BCUT2D eigenvalue weighted by Crippen LogP contribution is -2.41. The molecule has 0 aromatic heterocycles. The lowest BCUT2D eigenvalue weighted by molar-refractivity contribution is 0.328. The van der Waals surface area contributed by atoms with E-state index in [-0.39, 0.29) is 0 Å². The van der Waals surface area contributed by atoms with E-state index >= 15 is 0 Å². The Balaban J connectivity index is 3.14. The molecule has 0 spiro atoms. The van der Waals surface area contributed by atoms with Crippen molar-refractivity contribution in [3.63, 3.8) is 0 Å². The quantitative estimate of drug-likeness (QED) is 0.255. The van der Waals surface area contributed by atoms with Gasteiger partial charge in [0.1, 0.15) is 0 Å². The van der Waals surface area contributed by atoms with Crippen molar-refractivity contribution in [3.8, 4) is 0 Å². The molecule has 0 heterocycles. The first kappa shape index (κ1) is 23.0. The standard InChI is InChI=1S/C22H47N/c1-5-8-9-10-11-12-13-14-15-16-17-18-19-20-21-23-22(4,6-2)7-3/h23H,5-21H2,1-4H3. The van der Waals surface area contributed by atoms with Gasteiger partial charge in [0.2, 0.25) is 0 Å². The minimum absolute atomic E-state index is 0.372. The van der Waals surface area contributed by atoms with E-state index in [4.69, 9.17) is 0 Å². The monoisotopic (exact) mass is 325 g/mol. The second kappa shape index (κ2) is 16.8. The minimum atomic E-state index is 0.372. The molecule has 0 aliphatic rings. The van der Waals surface area contributed by atoms with E-state index in [0.717, 1.165) is 0 Å². The zero-order chi connectivity index (χ0) is 17.2. The van der Waals surface area contributed by atoms with Crippen LogP contribution in [0.25, 0.3) is 0 Å². The van der Waals surface area contributed by atoms with E-state index in [2.05, 4.69) is 33.0 Å². The highest BCUT2D eigenvalue weighted by molar-refractivity contribution is 4.79. The van der Waals surface area contributed by atoms with Gasteiger partial charge in [0.05, 0.1) is 0 Å². The van der Waals surface area contributed by atoms with Gasteiger partial charge in [0.25, 0.3) is 0 Å². The first-order valence-electron chi connectivity index (χ1n) is 10.9. The third kappa shape index (κ3) is 15.2. The maximum absolute atomic E-state index is 3.74. The summed E-state index contributed by atoms with van der Waals surface area (Å²) in [5.74, 6) is 0. The number of rotatable bonds is 18. The number of hydrogen-bond acceptors (Lipinski definition) is 1. The van der Waals surface area contributed by atoms with Crippen LogP contribution in [0, 0.1) is 0 Å². The Morgan fingerprint density at radius 1 is 0.522 bits per heavy atom. The summed E-state index contributed by atoms with van der Waals surface area (Å²) in [6, 6.07) is 0. The third-order valence-corrected chi connectivity index (χ3v) is 5.64. The Morgan fingerprint density at radius 2 is 0.870 bits per heavy atom. The zero-order valence-corrected chi connectivity index (χ0v) is 17.0. The summed E-state index contributed by atoms with van der Waals surface area (Å²) in [5.41, 5.74) is 0.372. The average molecular weight is 326 g/mol. The minimum Gasteiger partial charge on any atom is -0.312 e. The first-order valence-corrected chi connectivity index (χ1v) is 10.9. The Labute approximate surface area is 148 Å². The van der Waals surface area contributed by atoms with Crippen molar-refractivity contribution >= 4 is 0 Å². The molecule has 1 nitrogen and oxygen atoms in total. The van der Waals surface area contributed by atoms with E-state index in [1.807, 2.05) is 0 Å². The summed E-state index contributed by atoms with van der Waals surface area (Å²) in [4.78, 5) is 0. The fraction of sp³-hybridized carbons (Fsp3) is 1.00. The van der Waals surface area contributed by atoms with Gasteiger partial charge in [-0.15, -0.1) is 0 Å². The van der Waals surface area contributed by atoms with E-state index in [9.17, 15) is 0 Å². The molecule has 0 amide bonds. The molecule has 0 aliphatic heterocycles. The molecule has 0 aromatic carbocycles. The summed E-state index contributed by atoms with van der Waals surface area (Å²) in [6.45, 7) is 10.4. The number of unbranched alkanes of at least 4 members (excludes halogenated alkanes) is 13. The molecule has 0 aromatic rings. The van der Waals surface area contributed by atoms with E-state index in [1.165, 1.54) is 109 Å². The van der Waals surface area contributed by atoms with Gasteiger partial charge in [0, 0.05) is 5.54 Å². The van der Waals surface area contributed by atoms with Crippen LogP contribution in [0.1, 0.15) is 130 Å². The van der Waals surface area contributed by atoms with Crippen LogP contribution < -0.4 is 5.32 Å². The van der Waals surface area contributed by atoms with E-state index in [1.54, 1.807) is 0 Å². The van der Waals surface area contributed by atoms with Crippen molar-refractivity contribution in [1.82, 2.24) is 5.32 Å². The molecule has 0 bridgehead atoms. The fourth-order valence-electron chi connectivity index (χ4n) is 3.21. The van der Waals surface area contributed by atoms with E-state index < -0.39 is 0 Å². The molecular formula is C22H47N. The average Bonchev–Trinajstić information content (AvgIpc) is 2.58. The Hall–Kier alpha value is -0.0400. The Bertz CT molecular complexity index is 220. The van der Waals surface area contributed by atoms with Crippen LogP contribution in [-0.2, 0) is 0 Å². The molecule has 0 saturated carbocycles. The summed E-state index contributed by atoms with van der Waals surface area (Å²) in [6.07, 6.45) is 22.7. The predicted octanol–water partition coefficient (Wildman–Crippen LogP) is 7.64. The van der Waals surface area contributed by atoms with Gasteiger partial charge in [-0.2, -0.15) is 0 Å². The highest BCUT2D eigenvalue weighted by Gasteiger charge is 2.17. The van der Waals surface area contributed by atoms with Gasteiger partial charge >= 0.3 is 0 Å². The molecule has 0 atom stereocenters. The largest absolute Gasteiger partial charge is 0.312 e. The van der Waals surface area contributed by atoms with Crippen LogP contribution in [0.15, 0.2) is 0 Å². The van der Waals surface area contributed by atoms with Gasteiger partial charge < -0.3 is 5.32 Å². The molecule has 0 aliphatic carbocycles. The van der Waals surface area contributed by atoms with Crippen LogP contribution >= 0.6 is 0 Å². The van der Waals surface area contributed by atoms with Gasteiger partial charge in [-0.25, -0.2) is 0 Å². The Morgan fingerprint density at radius 3 is 1.22 bits per heavy atom. The topological polar surface area (TPSA) is 12.0 Å². The van der Waals surface area contributed by atoms with Gasteiger partial charge in [-0.1, -0.05) is 104 Å². The number of hydrogen-bond donors (Lipinski definition) is 1. The summed E-state index contributed by atoms with van der Waals surface area (Å²) in [5, 5.41) is 3.74. The smallest absolute Gasteiger partial charge is 0.0148 e. The Kier molecular flexibility index (Phi) is 16.8. The van der Waals surface area contributed by atoms with Crippen LogP contribution in [-0.4, -0.2) is 12.1 Å². The van der Waals surface area contributed by atoms with Gasteiger partial charge in [-0.3, -0.25) is 0 Å². The van der Waals surface area contributed by atoms with Crippen molar-refractivity contribution in [2.75, 3.05) is 6.54 Å². The molecule has 0 radical (unpaired) electrons. The first-order chi connectivity index (χ1) is 11.2. The SMILES string of the molecule is CCCCCCCCCCCCCCCCNC(C)(CC)CC. The maximum atomic E-state index is 3.74. The van der Waals surface area contributed by atoms with Crippen molar-refractivity contribution in [2.45, 2.75) is 136 Å². The third-order valence-electron chi connectivity index (χ3n) is 5.64. The van der Waals surface area contributed by atoms with Crippen molar-refractivity contribution in [3.05, 3.63) is 0 Å². The predicted molar refractivity (Wildman–Crippen MR) is 107 cm³/mol. The highest BCUT2D eigenvalue weighted by atomic mass is 15.0. The zero-order valence-electron chi connectivity index (χ0n) is 17.0. The molecule has 0 unspecified atom stereocenters. The summed E-state index contributed by atoms with van der Waals surface area (Å²) >= 11 is 0. The molecule has 0 fully saturated rings. The van der Waals surface area contributed by atoms with Crippen molar-refractivity contribution in [1.29, 1.82) is 0 Å². The van der Waals surface area contributed by atoms with Crippen LogP contribution in [0.5, 0.6) is 0 Å². The second-order valence-electron chi connectivity index (χ2n) is 7.79. The van der Waals surface area contributed by atoms with Crippen LogP contribution in [0.4, 0.5) is 0 Å². The van der Waals surface area contributed by atoms with Crippen LogP contribution in [0.2, 0.25) is 0 Å². The summed E-state index contributed by atoms with van der Waals surface area (Å²) < 4.78 is 0. The molecule has 1 heteroatoms. The molecule has 1 N–H and O–H groups in total. The van der Waals surface area contributed by atoms with Gasteiger partial charge in [-0.05, 0) is 32.7 Å². The molecular weight excluding hydrogens is 278 g/mol. The molecule has 23 heavy (non-hydrogen) atoms. The van der Waals surface area contributed by atoms with Crippen molar-refractivity contribution in [2.24, 2.45) is 0 Å². The molecule has 140 valence electrons. The number of nitrogens with one attached hydrogen (secondary N) is 1. The second-order valence-corrected chi connectivity index (χ2v) is 7.79. The summed E-state index contributed by atoms with van der Waals surface area (Å²) in [7, 11) is 0. The van der Waals surface area contributed by atoms with Crippen LogP contribution in [0.3, 0.4) is 0 Å². The van der Waals surface area contributed by atoms with Gasteiger partial charge in [0.15, 0.2) is 0 Å².